The SMILES string of the molecule is CO[C@]1(C)CCC[C@]2(C)C[C@H]3OC(=O)[C@@H](CN4CCC(Cc5ccccc5)CC4)[C@@H]3C[C@@]21O. The first-order chi connectivity index (χ1) is 15.8. The predicted molar refractivity (Wildman–Crippen MR) is 128 cm³/mol. The van der Waals surface area contributed by atoms with Gasteiger partial charge in [-0.2, -0.15) is 0 Å². The van der Waals surface area contributed by atoms with E-state index >= 15 is 0 Å². The predicted octanol–water partition coefficient (Wildman–Crippen LogP) is 4.22. The zero-order chi connectivity index (χ0) is 23.3. The summed E-state index contributed by atoms with van der Waals surface area (Å²) >= 11 is 0. The number of carbonyl (C=O) groups is 1. The number of rotatable bonds is 5. The molecule has 1 aromatic rings. The van der Waals surface area contributed by atoms with Crippen LogP contribution in [-0.2, 0) is 20.7 Å². The summed E-state index contributed by atoms with van der Waals surface area (Å²) < 4.78 is 11.9. The Morgan fingerprint density at radius 1 is 1.12 bits per heavy atom. The molecule has 5 heteroatoms. The van der Waals surface area contributed by atoms with E-state index in [1.54, 1.807) is 7.11 Å². The molecule has 0 unspecified atom stereocenters. The first kappa shape index (κ1) is 23.3. The van der Waals surface area contributed by atoms with Crippen molar-refractivity contribution in [2.24, 2.45) is 23.2 Å². The molecule has 182 valence electrons. The summed E-state index contributed by atoms with van der Waals surface area (Å²) in [4.78, 5) is 15.5. The summed E-state index contributed by atoms with van der Waals surface area (Å²) in [5.41, 5.74) is -0.354. The van der Waals surface area contributed by atoms with Crippen LogP contribution in [0.1, 0.15) is 64.4 Å². The van der Waals surface area contributed by atoms with Crippen molar-refractivity contribution < 1.29 is 19.4 Å². The summed E-state index contributed by atoms with van der Waals surface area (Å²) in [6.45, 7) is 7.08. The molecule has 4 aliphatic rings. The standard InChI is InChI=1S/C28H41NO4/c1-26-12-7-13-27(2,32-3)28(26,31)17-22-23(25(30)33-24(22)18-26)19-29-14-10-21(11-15-29)16-20-8-5-4-6-9-20/h4-6,8-9,21-24,31H,7,10-19H2,1-3H3/t22-,23-,24+,26+,27+,28+/m0/s1. The van der Waals surface area contributed by atoms with E-state index in [1.807, 2.05) is 0 Å². The van der Waals surface area contributed by atoms with Crippen LogP contribution in [0.3, 0.4) is 0 Å². The number of carbonyl (C=O) groups excluding carboxylic acids is 1. The maximum absolute atomic E-state index is 13.0. The fourth-order valence-electron chi connectivity index (χ4n) is 7.69. The molecule has 2 heterocycles. The van der Waals surface area contributed by atoms with Crippen LogP contribution in [0.25, 0.3) is 0 Å². The van der Waals surface area contributed by atoms with E-state index in [-0.39, 0.29) is 29.3 Å². The quantitative estimate of drug-likeness (QED) is 0.674. The minimum Gasteiger partial charge on any atom is -0.462 e. The van der Waals surface area contributed by atoms with Crippen molar-refractivity contribution in [1.82, 2.24) is 4.90 Å². The van der Waals surface area contributed by atoms with Crippen LogP contribution < -0.4 is 0 Å². The lowest BCUT2D eigenvalue weighted by atomic mass is 9.49. The summed E-state index contributed by atoms with van der Waals surface area (Å²) in [5.74, 6) is 0.594. The van der Waals surface area contributed by atoms with Crippen LogP contribution in [0, 0.1) is 23.2 Å². The molecule has 6 atom stereocenters. The fraction of sp³-hybridized carbons (Fsp3) is 0.750. The van der Waals surface area contributed by atoms with Crippen molar-refractivity contribution in [1.29, 1.82) is 0 Å². The lowest BCUT2D eigenvalue weighted by molar-refractivity contribution is -0.270. The monoisotopic (exact) mass is 455 g/mol. The molecule has 4 fully saturated rings. The van der Waals surface area contributed by atoms with Gasteiger partial charge in [-0.3, -0.25) is 4.79 Å². The molecule has 2 aliphatic heterocycles. The number of hydrogen-bond acceptors (Lipinski definition) is 5. The Bertz CT molecular complexity index is 853. The average molecular weight is 456 g/mol. The summed E-state index contributed by atoms with van der Waals surface area (Å²) in [7, 11) is 1.73. The highest BCUT2D eigenvalue weighted by atomic mass is 16.6. The molecule has 0 bridgehead atoms. The van der Waals surface area contributed by atoms with E-state index in [2.05, 4.69) is 49.1 Å². The second-order valence-electron chi connectivity index (χ2n) is 11.8. The van der Waals surface area contributed by atoms with Crippen molar-refractivity contribution in [3.63, 3.8) is 0 Å². The van der Waals surface area contributed by atoms with E-state index in [1.165, 1.54) is 18.4 Å². The van der Waals surface area contributed by atoms with Gasteiger partial charge in [0.05, 0.1) is 17.1 Å². The molecule has 5 rings (SSSR count). The van der Waals surface area contributed by atoms with Gasteiger partial charge in [0, 0.05) is 25.0 Å². The molecule has 33 heavy (non-hydrogen) atoms. The minimum atomic E-state index is -0.928. The Labute approximate surface area is 198 Å². The van der Waals surface area contributed by atoms with Gasteiger partial charge >= 0.3 is 5.97 Å². The van der Waals surface area contributed by atoms with Crippen molar-refractivity contribution in [2.75, 3.05) is 26.7 Å². The molecule has 0 aromatic heterocycles. The number of hydrogen-bond donors (Lipinski definition) is 1. The maximum Gasteiger partial charge on any atom is 0.310 e. The minimum absolute atomic E-state index is 0.0543. The molecule has 1 aromatic carbocycles. The van der Waals surface area contributed by atoms with Gasteiger partial charge in [-0.15, -0.1) is 0 Å². The Balaban J connectivity index is 1.25. The normalized spacial score (nSPS) is 41.9. The van der Waals surface area contributed by atoms with Gasteiger partial charge in [-0.1, -0.05) is 37.3 Å². The molecule has 2 saturated heterocycles. The lowest BCUT2D eigenvalue weighted by Crippen LogP contribution is -2.69. The molecular weight excluding hydrogens is 414 g/mol. The molecule has 1 N–H and O–H groups in total. The second kappa shape index (κ2) is 8.66. The number of fused-ring (bicyclic) bond motifs is 2. The molecule has 0 amide bonds. The average Bonchev–Trinajstić information content (AvgIpc) is 3.08. The third-order valence-electron chi connectivity index (χ3n) is 9.98. The van der Waals surface area contributed by atoms with E-state index in [4.69, 9.17) is 9.47 Å². The summed E-state index contributed by atoms with van der Waals surface area (Å²) in [6, 6.07) is 10.8. The molecule has 0 spiro atoms. The van der Waals surface area contributed by atoms with Crippen molar-refractivity contribution in [2.45, 2.75) is 82.5 Å². The Hall–Kier alpha value is -1.43. The smallest absolute Gasteiger partial charge is 0.310 e. The number of nitrogens with zero attached hydrogens (tertiary/aromatic N) is 1. The van der Waals surface area contributed by atoms with Gasteiger partial charge in [0.2, 0.25) is 0 Å². The zero-order valence-corrected chi connectivity index (χ0v) is 20.6. The van der Waals surface area contributed by atoms with E-state index < -0.39 is 11.2 Å². The Kier molecular flexibility index (Phi) is 6.12. The van der Waals surface area contributed by atoms with Crippen molar-refractivity contribution in [3.05, 3.63) is 35.9 Å². The van der Waals surface area contributed by atoms with Gasteiger partial charge in [0.15, 0.2) is 0 Å². The third kappa shape index (κ3) is 3.94. The Morgan fingerprint density at radius 2 is 1.85 bits per heavy atom. The number of ether oxygens (including phenoxy) is 2. The number of esters is 1. The highest BCUT2D eigenvalue weighted by Crippen LogP contribution is 2.61. The highest BCUT2D eigenvalue weighted by Gasteiger charge is 2.67. The summed E-state index contributed by atoms with van der Waals surface area (Å²) in [5, 5.41) is 12.1. The lowest BCUT2D eigenvalue weighted by Gasteiger charge is -2.62. The number of likely N-dealkylation sites (tertiary alicyclic amines) is 1. The third-order valence-corrected chi connectivity index (χ3v) is 9.98. The molecule has 5 nitrogen and oxygen atoms in total. The first-order valence-electron chi connectivity index (χ1n) is 13.0. The van der Waals surface area contributed by atoms with Crippen LogP contribution in [0.15, 0.2) is 30.3 Å². The largest absolute Gasteiger partial charge is 0.462 e. The van der Waals surface area contributed by atoms with Gasteiger partial charge in [-0.05, 0) is 82.9 Å². The molecule has 0 radical (unpaired) electrons. The van der Waals surface area contributed by atoms with Gasteiger partial charge in [0.1, 0.15) is 6.10 Å². The van der Waals surface area contributed by atoms with Crippen LogP contribution >= 0.6 is 0 Å². The van der Waals surface area contributed by atoms with Crippen LogP contribution in [0.4, 0.5) is 0 Å². The topological polar surface area (TPSA) is 59.0 Å². The highest BCUT2D eigenvalue weighted by molar-refractivity contribution is 5.75. The molecule has 2 aliphatic carbocycles. The van der Waals surface area contributed by atoms with E-state index in [0.717, 1.165) is 51.7 Å². The molecule has 2 saturated carbocycles. The maximum atomic E-state index is 13.0. The first-order valence-corrected chi connectivity index (χ1v) is 13.0. The second-order valence-corrected chi connectivity index (χ2v) is 11.8. The zero-order valence-electron chi connectivity index (χ0n) is 20.6. The number of benzene rings is 1. The number of methoxy groups -OCH3 is 1. The fourth-order valence-corrected chi connectivity index (χ4v) is 7.69. The van der Waals surface area contributed by atoms with Crippen molar-refractivity contribution >= 4 is 5.97 Å². The van der Waals surface area contributed by atoms with E-state index in [9.17, 15) is 9.90 Å². The summed E-state index contributed by atoms with van der Waals surface area (Å²) in [6.07, 6.45) is 7.63. The number of aliphatic hydroxyl groups is 1. The van der Waals surface area contributed by atoms with Gasteiger partial charge in [0.25, 0.3) is 0 Å². The van der Waals surface area contributed by atoms with Crippen LogP contribution in [0.5, 0.6) is 0 Å². The molecular formula is C28H41NO4. The van der Waals surface area contributed by atoms with Crippen molar-refractivity contribution in [3.8, 4) is 0 Å². The van der Waals surface area contributed by atoms with Gasteiger partial charge < -0.3 is 19.5 Å². The van der Waals surface area contributed by atoms with E-state index in [0.29, 0.717) is 12.3 Å². The number of piperidine rings is 1. The van der Waals surface area contributed by atoms with Gasteiger partial charge in [-0.25, -0.2) is 0 Å². The van der Waals surface area contributed by atoms with Crippen LogP contribution in [0.2, 0.25) is 0 Å². The Morgan fingerprint density at radius 3 is 2.55 bits per heavy atom. The van der Waals surface area contributed by atoms with Crippen LogP contribution in [-0.4, -0.2) is 60.0 Å².